The standard InChI is InChI=1S/C18H15N3O3S/c22-16-8-11(12-4-1-2-5-13(12)20-16)9-19-17(23)14-10-25-18(21-14)15-6-3-7-24-15/h1-7,10-11H,8-9H2,(H,19,23)(H,20,22)/t11-/m0/s1. The first-order chi connectivity index (χ1) is 12.2. The summed E-state index contributed by atoms with van der Waals surface area (Å²) >= 11 is 1.36. The van der Waals surface area contributed by atoms with Gasteiger partial charge in [0.1, 0.15) is 5.69 Å². The zero-order valence-corrected chi connectivity index (χ0v) is 14.0. The van der Waals surface area contributed by atoms with E-state index < -0.39 is 0 Å². The number of benzene rings is 1. The summed E-state index contributed by atoms with van der Waals surface area (Å²) in [7, 11) is 0. The lowest BCUT2D eigenvalue weighted by Gasteiger charge is -2.25. The molecular weight excluding hydrogens is 338 g/mol. The molecule has 7 heteroatoms. The number of nitrogens with zero attached hydrogens (tertiary/aromatic N) is 1. The second-order valence-corrected chi connectivity index (χ2v) is 6.62. The molecule has 1 aromatic carbocycles. The van der Waals surface area contributed by atoms with Crippen LogP contribution in [0.4, 0.5) is 5.69 Å². The van der Waals surface area contributed by atoms with Gasteiger partial charge in [-0.2, -0.15) is 0 Å². The van der Waals surface area contributed by atoms with Crippen molar-refractivity contribution in [2.45, 2.75) is 12.3 Å². The van der Waals surface area contributed by atoms with Crippen molar-refractivity contribution in [1.82, 2.24) is 10.3 Å². The van der Waals surface area contributed by atoms with Crippen LogP contribution in [0.15, 0.2) is 52.5 Å². The van der Waals surface area contributed by atoms with Crippen molar-refractivity contribution >= 4 is 28.8 Å². The van der Waals surface area contributed by atoms with Crippen LogP contribution in [0.5, 0.6) is 0 Å². The van der Waals surface area contributed by atoms with Crippen LogP contribution in [0, 0.1) is 0 Å². The summed E-state index contributed by atoms with van der Waals surface area (Å²) in [6.45, 7) is 0.386. The van der Waals surface area contributed by atoms with Crippen LogP contribution in [0.2, 0.25) is 0 Å². The van der Waals surface area contributed by atoms with Gasteiger partial charge in [0.15, 0.2) is 10.8 Å². The van der Waals surface area contributed by atoms with E-state index in [4.69, 9.17) is 4.42 Å². The smallest absolute Gasteiger partial charge is 0.270 e. The predicted octanol–water partition coefficient (Wildman–Crippen LogP) is 3.26. The monoisotopic (exact) mass is 353 g/mol. The van der Waals surface area contributed by atoms with E-state index >= 15 is 0 Å². The van der Waals surface area contributed by atoms with E-state index in [-0.39, 0.29) is 17.7 Å². The van der Waals surface area contributed by atoms with Crippen molar-refractivity contribution in [2.75, 3.05) is 11.9 Å². The number of nitrogens with one attached hydrogen (secondary N) is 2. The predicted molar refractivity (Wildman–Crippen MR) is 94.6 cm³/mol. The van der Waals surface area contributed by atoms with Gasteiger partial charge >= 0.3 is 0 Å². The molecule has 3 heterocycles. The average molecular weight is 353 g/mol. The van der Waals surface area contributed by atoms with E-state index in [1.807, 2.05) is 24.3 Å². The van der Waals surface area contributed by atoms with Crippen molar-refractivity contribution in [3.05, 3.63) is 59.3 Å². The number of rotatable bonds is 4. The molecule has 6 nitrogen and oxygen atoms in total. The van der Waals surface area contributed by atoms with Crippen LogP contribution in [-0.2, 0) is 4.79 Å². The molecule has 0 spiro atoms. The number of aromatic nitrogens is 1. The first kappa shape index (κ1) is 15.6. The van der Waals surface area contributed by atoms with E-state index in [1.54, 1.807) is 23.8 Å². The van der Waals surface area contributed by atoms with Crippen LogP contribution < -0.4 is 10.6 Å². The SMILES string of the molecule is O=C1C[C@@H](CNC(=O)c2csc(-c3ccco3)n2)c2ccccc2N1. The van der Waals surface area contributed by atoms with E-state index in [0.29, 0.717) is 29.4 Å². The molecule has 1 aliphatic heterocycles. The highest BCUT2D eigenvalue weighted by molar-refractivity contribution is 7.13. The van der Waals surface area contributed by atoms with Gasteiger partial charge in [-0.25, -0.2) is 4.98 Å². The molecule has 3 aromatic rings. The summed E-state index contributed by atoms with van der Waals surface area (Å²) in [4.78, 5) is 28.5. The van der Waals surface area contributed by atoms with Gasteiger partial charge in [0.25, 0.3) is 5.91 Å². The summed E-state index contributed by atoms with van der Waals surface area (Å²) < 4.78 is 5.29. The summed E-state index contributed by atoms with van der Waals surface area (Å²) in [6.07, 6.45) is 1.92. The number of para-hydroxylation sites is 1. The molecule has 0 unspecified atom stereocenters. The van der Waals surface area contributed by atoms with Crippen molar-refractivity contribution in [1.29, 1.82) is 0 Å². The third-order valence-electron chi connectivity index (χ3n) is 4.08. The zero-order chi connectivity index (χ0) is 17.2. The third kappa shape index (κ3) is 3.18. The van der Waals surface area contributed by atoms with Crippen LogP contribution in [0.25, 0.3) is 10.8 Å². The molecule has 4 rings (SSSR count). The van der Waals surface area contributed by atoms with Gasteiger partial charge in [0, 0.05) is 30.0 Å². The minimum atomic E-state index is -0.252. The van der Waals surface area contributed by atoms with E-state index in [9.17, 15) is 9.59 Å². The summed E-state index contributed by atoms with van der Waals surface area (Å²) in [5, 5.41) is 8.11. The Labute approximate surface area is 147 Å². The molecule has 0 fully saturated rings. The maximum absolute atomic E-state index is 12.4. The number of amides is 2. The lowest BCUT2D eigenvalue weighted by atomic mass is 9.90. The Morgan fingerprint density at radius 3 is 3.04 bits per heavy atom. The fourth-order valence-corrected chi connectivity index (χ4v) is 3.65. The number of carbonyl (C=O) groups is 2. The Bertz CT molecular complexity index is 917. The minimum absolute atomic E-state index is 0.0355. The Hall–Kier alpha value is -2.93. The van der Waals surface area contributed by atoms with Gasteiger partial charge in [0.2, 0.25) is 5.91 Å². The molecule has 2 aromatic heterocycles. The average Bonchev–Trinajstić information content (AvgIpc) is 3.30. The van der Waals surface area contributed by atoms with E-state index in [1.165, 1.54) is 11.3 Å². The molecule has 0 saturated carbocycles. The third-order valence-corrected chi connectivity index (χ3v) is 4.94. The van der Waals surface area contributed by atoms with Gasteiger partial charge in [-0.15, -0.1) is 11.3 Å². The molecule has 1 atom stereocenters. The molecule has 1 aliphatic rings. The number of hydrogen-bond donors (Lipinski definition) is 2. The molecule has 2 amide bonds. The fourth-order valence-electron chi connectivity index (χ4n) is 2.88. The molecule has 0 radical (unpaired) electrons. The Balaban J connectivity index is 1.45. The normalized spacial score (nSPS) is 16.2. The number of anilines is 1. The second-order valence-electron chi connectivity index (χ2n) is 5.76. The van der Waals surface area contributed by atoms with E-state index in [0.717, 1.165) is 11.3 Å². The molecule has 2 N–H and O–H groups in total. The van der Waals surface area contributed by atoms with Gasteiger partial charge in [-0.1, -0.05) is 18.2 Å². The van der Waals surface area contributed by atoms with Crippen LogP contribution in [0.1, 0.15) is 28.4 Å². The Morgan fingerprint density at radius 1 is 1.32 bits per heavy atom. The lowest BCUT2D eigenvalue weighted by Crippen LogP contribution is -2.33. The van der Waals surface area contributed by atoms with Crippen molar-refractivity contribution in [2.24, 2.45) is 0 Å². The number of fused-ring (bicyclic) bond motifs is 1. The molecule has 0 saturated heterocycles. The highest BCUT2D eigenvalue weighted by Gasteiger charge is 2.25. The number of hydrogen-bond acceptors (Lipinski definition) is 5. The number of carbonyl (C=O) groups excluding carboxylic acids is 2. The second kappa shape index (κ2) is 6.52. The van der Waals surface area contributed by atoms with Gasteiger partial charge in [0.05, 0.1) is 6.26 Å². The number of furan rings is 1. The maximum atomic E-state index is 12.4. The topological polar surface area (TPSA) is 84.2 Å². The van der Waals surface area contributed by atoms with E-state index in [2.05, 4.69) is 15.6 Å². The lowest BCUT2D eigenvalue weighted by molar-refractivity contribution is -0.116. The minimum Gasteiger partial charge on any atom is -0.462 e. The quantitative estimate of drug-likeness (QED) is 0.754. The first-order valence-corrected chi connectivity index (χ1v) is 8.75. The van der Waals surface area contributed by atoms with Gasteiger partial charge < -0.3 is 15.1 Å². The van der Waals surface area contributed by atoms with Crippen molar-refractivity contribution in [3.63, 3.8) is 0 Å². The number of thiazole rings is 1. The van der Waals surface area contributed by atoms with Crippen LogP contribution >= 0.6 is 11.3 Å². The summed E-state index contributed by atoms with van der Waals surface area (Å²) in [5.41, 5.74) is 2.20. The maximum Gasteiger partial charge on any atom is 0.270 e. The fraction of sp³-hybridized carbons (Fsp3) is 0.167. The zero-order valence-electron chi connectivity index (χ0n) is 13.2. The largest absolute Gasteiger partial charge is 0.462 e. The van der Waals surface area contributed by atoms with Crippen molar-refractivity contribution in [3.8, 4) is 10.8 Å². The Morgan fingerprint density at radius 2 is 2.20 bits per heavy atom. The highest BCUT2D eigenvalue weighted by atomic mass is 32.1. The van der Waals surface area contributed by atoms with Crippen LogP contribution in [-0.4, -0.2) is 23.3 Å². The van der Waals surface area contributed by atoms with Crippen LogP contribution in [0.3, 0.4) is 0 Å². The summed E-state index contributed by atoms with van der Waals surface area (Å²) in [6, 6.07) is 11.2. The molecular formula is C18H15N3O3S. The highest BCUT2D eigenvalue weighted by Crippen LogP contribution is 2.31. The molecule has 0 bridgehead atoms. The first-order valence-electron chi connectivity index (χ1n) is 7.87. The Kier molecular flexibility index (Phi) is 4.07. The molecule has 25 heavy (non-hydrogen) atoms. The van der Waals surface area contributed by atoms with Gasteiger partial charge in [-0.3, -0.25) is 9.59 Å². The van der Waals surface area contributed by atoms with Gasteiger partial charge in [-0.05, 0) is 23.8 Å². The molecule has 0 aliphatic carbocycles. The molecule has 126 valence electrons. The summed E-state index contributed by atoms with van der Waals surface area (Å²) in [5.74, 6) is 0.309. The van der Waals surface area contributed by atoms with Crippen molar-refractivity contribution < 1.29 is 14.0 Å².